The number of nitrogens with zero attached hydrogens (tertiary/aromatic N) is 3. The Morgan fingerprint density at radius 3 is 2.67 bits per heavy atom. The van der Waals surface area contributed by atoms with Gasteiger partial charge in [-0.15, -0.1) is 10.2 Å². The number of aromatic nitrogens is 2. The summed E-state index contributed by atoms with van der Waals surface area (Å²) in [5.74, 6) is -0.265. The van der Waals surface area contributed by atoms with Crippen LogP contribution in [0.15, 0.2) is 30.3 Å². The Hall–Kier alpha value is -3.23. The van der Waals surface area contributed by atoms with Crippen molar-refractivity contribution in [1.82, 2.24) is 10.2 Å². The lowest BCUT2D eigenvalue weighted by molar-refractivity contribution is -0.385. The van der Waals surface area contributed by atoms with E-state index in [4.69, 9.17) is 10.5 Å². The third-order valence-corrected chi connectivity index (χ3v) is 2.55. The molecular weight excluding hydrogens is 278 g/mol. The molecule has 0 saturated heterocycles. The van der Waals surface area contributed by atoms with E-state index in [1.807, 2.05) is 0 Å². The monoisotopic (exact) mass is 289 g/mol. The molecular formula is C12H11N5O4. The molecule has 0 bridgehead atoms. The lowest BCUT2D eigenvalue weighted by Crippen LogP contribution is -2.14. The topological polar surface area (TPSA) is 133 Å². The van der Waals surface area contributed by atoms with E-state index in [1.165, 1.54) is 37.4 Å². The van der Waals surface area contributed by atoms with Crippen molar-refractivity contribution in [2.45, 2.75) is 0 Å². The fourth-order valence-corrected chi connectivity index (χ4v) is 1.57. The maximum absolute atomic E-state index is 11.9. The van der Waals surface area contributed by atoms with Crippen LogP contribution in [-0.4, -0.2) is 28.1 Å². The first kappa shape index (κ1) is 14.2. The highest BCUT2D eigenvalue weighted by molar-refractivity contribution is 6.03. The minimum absolute atomic E-state index is 0.0441. The number of nitro groups is 1. The number of anilines is 2. The molecule has 1 aromatic heterocycles. The number of methoxy groups -OCH3 is 1. The molecule has 0 aliphatic heterocycles. The molecule has 0 unspecified atom stereocenters. The molecule has 21 heavy (non-hydrogen) atoms. The normalized spacial score (nSPS) is 9.95. The van der Waals surface area contributed by atoms with Gasteiger partial charge in [-0.2, -0.15) is 0 Å². The lowest BCUT2D eigenvalue weighted by atomic mass is 10.2. The lowest BCUT2D eigenvalue weighted by Gasteiger charge is -2.06. The number of hydrogen-bond donors (Lipinski definition) is 2. The molecule has 3 N–H and O–H groups in total. The van der Waals surface area contributed by atoms with E-state index in [2.05, 4.69) is 15.5 Å². The summed E-state index contributed by atoms with van der Waals surface area (Å²) in [6.45, 7) is 0. The van der Waals surface area contributed by atoms with Gasteiger partial charge in [-0.25, -0.2) is 0 Å². The molecule has 2 rings (SSSR count). The summed E-state index contributed by atoms with van der Waals surface area (Å²) in [6, 6.07) is 6.90. The van der Waals surface area contributed by atoms with Crippen LogP contribution >= 0.6 is 0 Å². The first-order valence-corrected chi connectivity index (χ1v) is 5.74. The number of carbonyl (C=O) groups excluding carboxylic acids is 1. The number of amides is 1. The van der Waals surface area contributed by atoms with Crippen LogP contribution in [0.4, 0.5) is 17.2 Å². The second-order valence-corrected chi connectivity index (χ2v) is 3.94. The Bertz CT molecular complexity index is 687. The Kier molecular flexibility index (Phi) is 3.93. The van der Waals surface area contributed by atoms with E-state index in [0.717, 1.165) is 0 Å². The van der Waals surface area contributed by atoms with Gasteiger partial charge in [0.05, 0.1) is 12.0 Å². The van der Waals surface area contributed by atoms with E-state index in [9.17, 15) is 14.9 Å². The van der Waals surface area contributed by atoms with Crippen LogP contribution in [0.2, 0.25) is 0 Å². The predicted molar refractivity (Wildman–Crippen MR) is 74.0 cm³/mol. The van der Waals surface area contributed by atoms with Gasteiger partial charge < -0.3 is 15.8 Å². The van der Waals surface area contributed by atoms with E-state index in [0.29, 0.717) is 0 Å². The van der Waals surface area contributed by atoms with Crippen molar-refractivity contribution in [2.24, 2.45) is 0 Å². The summed E-state index contributed by atoms with van der Waals surface area (Å²) in [5, 5.41) is 20.6. The van der Waals surface area contributed by atoms with Crippen molar-refractivity contribution in [3.8, 4) is 5.75 Å². The van der Waals surface area contributed by atoms with Crippen molar-refractivity contribution in [3.63, 3.8) is 0 Å². The number of nitrogen functional groups attached to an aromatic ring is 1. The Morgan fingerprint density at radius 2 is 2.10 bits per heavy atom. The molecule has 2 aromatic rings. The van der Waals surface area contributed by atoms with E-state index < -0.39 is 10.8 Å². The van der Waals surface area contributed by atoms with Gasteiger partial charge in [-0.05, 0) is 24.3 Å². The van der Waals surface area contributed by atoms with Gasteiger partial charge in [0, 0.05) is 11.8 Å². The second-order valence-electron chi connectivity index (χ2n) is 3.94. The maximum Gasteiger partial charge on any atom is 0.312 e. The summed E-state index contributed by atoms with van der Waals surface area (Å²) in [5.41, 5.74) is 5.41. The van der Waals surface area contributed by atoms with Gasteiger partial charge in [0.15, 0.2) is 11.4 Å². The maximum atomic E-state index is 11.9. The SMILES string of the molecule is COc1ccc(NC(=O)c2ccc(N)nn2)cc1[N+](=O)[O-]. The van der Waals surface area contributed by atoms with Crippen molar-refractivity contribution in [2.75, 3.05) is 18.2 Å². The smallest absolute Gasteiger partial charge is 0.312 e. The Morgan fingerprint density at radius 1 is 1.33 bits per heavy atom. The van der Waals surface area contributed by atoms with Crippen LogP contribution in [-0.2, 0) is 0 Å². The third-order valence-electron chi connectivity index (χ3n) is 2.55. The van der Waals surface area contributed by atoms with E-state index >= 15 is 0 Å². The molecule has 0 spiro atoms. The molecule has 0 fully saturated rings. The average Bonchev–Trinajstić information content (AvgIpc) is 2.47. The second kappa shape index (κ2) is 5.82. The highest BCUT2D eigenvalue weighted by Crippen LogP contribution is 2.29. The van der Waals surface area contributed by atoms with Crippen molar-refractivity contribution < 1.29 is 14.5 Å². The molecule has 1 heterocycles. The fraction of sp³-hybridized carbons (Fsp3) is 0.0833. The highest BCUT2D eigenvalue weighted by Gasteiger charge is 2.17. The summed E-state index contributed by atoms with van der Waals surface area (Å²) in [6.07, 6.45) is 0. The summed E-state index contributed by atoms with van der Waals surface area (Å²) >= 11 is 0. The number of carbonyl (C=O) groups is 1. The van der Waals surface area contributed by atoms with Crippen LogP contribution in [0.3, 0.4) is 0 Å². The van der Waals surface area contributed by atoms with E-state index in [-0.39, 0.29) is 28.6 Å². The zero-order valence-corrected chi connectivity index (χ0v) is 10.9. The highest BCUT2D eigenvalue weighted by atomic mass is 16.6. The summed E-state index contributed by atoms with van der Waals surface area (Å²) < 4.78 is 4.87. The van der Waals surface area contributed by atoms with Crippen molar-refractivity contribution in [3.05, 3.63) is 46.1 Å². The Balaban J connectivity index is 2.23. The number of hydrogen-bond acceptors (Lipinski definition) is 7. The van der Waals surface area contributed by atoms with Crippen LogP contribution < -0.4 is 15.8 Å². The number of nitrogens with one attached hydrogen (secondary N) is 1. The standard InChI is InChI=1S/C12H11N5O4/c1-21-10-4-2-7(6-9(10)17(19)20)14-12(18)8-3-5-11(13)16-15-8/h2-6H,1H3,(H2,13,16)(H,14,18). The van der Waals surface area contributed by atoms with Gasteiger partial charge in [-0.1, -0.05) is 0 Å². The number of nitro benzene ring substituents is 1. The number of nitrogens with two attached hydrogens (primary N) is 1. The fourth-order valence-electron chi connectivity index (χ4n) is 1.57. The van der Waals surface area contributed by atoms with Gasteiger partial charge >= 0.3 is 5.69 Å². The van der Waals surface area contributed by atoms with Gasteiger partial charge in [0.1, 0.15) is 5.82 Å². The van der Waals surface area contributed by atoms with Crippen LogP contribution in [0.1, 0.15) is 10.5 Å². The number of rotatable bonds is 4. The van der Waals surface area contributed by atoms with Gasteiger partial charge in [0.2, 0.25) is 0 Å². The molecule has 0 radical (unpaired) electrons. The summed E-state index contributed by atoms with van der Waals surface area (Å²) in [4.78, 5) is 22.2. The molecule has 0 aliphatic rings. The first-order valence-electron chi connectivity index (χ1n) is 5.74. The predicted octanol–water partition coefficient (Wildman–Crippen LogP) is 1.23. The molecule has 0 aliphatic carbocycles. The quantitative estimate of drug-likeness (QED) is 0.638. The van der Waals surface area contributed by atoms with Crippen molar-refractivity contribution >= 4 is 23.1 Å². The van der Waals surface area contributed by atoms with Crippen LogP contribution in [0, 0.1) is 10.1 Å². The number of ether oxygens (including phenoxy) is 1. The van der Waals surface area contributed by atoms with Gasteiger partial charge in [0.25, 0.3) is 5.91 Å². The molecule has 0 atom stereocenters. The Labute approximate surface area is 118 Å². The zero-order chi connectivity index (χ0) is 15.4. The zero-order valence-electron chi connectivity index (χ0n) is 10.9. The third kappa shape index (κ3) is 3.21. The molecule has 108 valence electrons. The van der Waals surface area contributed by atoms with E-state index in [1.54, 1.807) is 0 Å². The summed E-state index contributed by atoms with van der Waals surface area (Å²) in [7, 11) is 1.32. The first-order chi connectivity index (χ1) is 10.0. The molecule has 9 nitrogen and oxygen atoms in total. The van der Waals surface area contributed by atoms with Crippen LogP contribution in [0.5, 0.6) is 5.75 Å². The largest absolute Gasteiger partial charge is 0.490 e. The van der Waals surface area contributed by atoms with Crippen molar-refractivity contribution in [1.29, 1.82) is 0 Å². The average molecular weight is 289 g/mol. The molecule has 0 saturated carbocycles. The van der Waals surface area contributed by atoms with Gasteiger partial charge in [-0.3, -0.25) is 14.9 Å². The number of benzene rings is 1. The molecule has 1 aromatic carbocycles. The molecule has 9 heteroatoms. The minimum atomic E-state index is -0.600. The minimum Gasteiger partial charge on any atom is -0.490 e. The molecule has 1 amide bonds. The van der Waals surface area contributed by atoms with Crippen LogP contribution in [0.25, 0.3) is 0 Å².